The first-order valence-electron chi connectivity index (χ1n) is 8.30. The summed E-state index contributed by atoms with van der Waals surface area (Å²) in [6.45, 7) is 0. The summed E-state index contributed by atoms with van der Waals surface area (Å²) in [6, 6.07) is 13.2. The van der Waals surface area contributed by atoms with Crippen molar-refractivity contribution in [1.82, 2.24) is 9.71 Å². The number of para-hydroxylation sites is 1. The summed E-state index contributed by atoms with van der Waals surface area (Å²) in [5.74, 6) is -1.47. The molecule has 0 aliphatic rings. The number of aromatic nitrogens is 1. The van der Waals surface area contributed by atoms with Crippen LogP contribution in [0.15, 0.2) is 65.7 Å². The van der Waals surface area contributed by atoms with Crippen LogP contribution in [-0.4, -0.2) is 36.4 Å². The second-order valence-electron chi connectivity index (χ2n) is 6.16. The molecule has 0 amide bonds. The van der Waals surface area contributed by atoms with Crippen LogP contribution in [0.3, 0.4) is 0 Å². The Kier molecular flexibility index (Phi) is 5.39. The number of nitrogen functional groups attached to an aromatic ring is 1. The normalized spacial score (nSPS) is 12.6. The highest BCUT2D eigenvalue weighted by molar-refractivity contribution is 7.89. The minimum Gasteiger partial charge on any atom is -0.480 e. The van der Waals surface area contributed by atoms with E-state index >= 15 is 0 Å². The molecule has 8 nitrogen and oxygen atoms in total. The van der Waals surface area contributed by atoms with Crippen LogP contribution < -0.4 is 10.5 Å². The molecule has 5 N–H and O–H groups in total. The molecule has 0 unspecified atom stereocenters. The molecule has 0 spiro atoms. The number of nitrogens with two attached hydrogens (primary N) is 1. The van der Waals surface area contributed by atoms with Crippen LogP contribution in [0.4, 0.5) is 0 Å². The number of rotatable bonds is 7. The van der Waals surface area contributed by atoms with Crippen LogP contribution in [0.25, 0.3) is 10.9 Å². The van der Waals surface area contributed by atoms with Crippen molar-refractivity contribution >= 4 is 32.7 Å². The number of sulfonamides is 1. The maximum Gasteiger partial charge on any atom is 0.322 e. The lowest BCUT2D eigenvalue weighted by atomic mass is 10.0. The molecule has 3 rings (SSSR count). The van der Waals surface area contributed by atoms with E-state index in [-0.39, 0.29) is 22.7 Å². The number of nitrogens with one attached hydrogen (secondary N) is 2. The second kappa shape index (κ2) is 7.75. The lowest BCUT2D eigenvalue weighted by Gasteiger charge is -2.16. The molecule has 0 aliphatic carbocycles. The summed E-state index contributed by atoms with van der Waals surface area (Å²) in [6.07, 6.45) is 1.37. The van der Waals surface area contributed by atoms with Gasteiger partial charge in [-0.15, -0.1) is 0 Å². The average molecular weight is 398 g/mol. The molecule has 0 aliphatic heterocycles. The summed E-state index contributed by atoms with van der Waals surface area (Å²) < 4.78 is 28.0. The van der Waals surface area contributed by atoms with E-state index < -0.39 is 22.0 Å². The zero-order valence-corrected chi connectivity index (χ0v) is 15.5. The third-order valence-electron chi connectivity index (χ3n) is 4.16. The van der Waals surface area contributed by atoms with E-state index in [4.69, 9.17) is 11.1 Å². The number of nitrogens with zero attached hydrogens (tertiary/aromatic N) is 1. The summed E-state index contributed by atoms with van der Waals surface area (Å²) in [5.41, 5.74) is 6.69. The van der Waals surface area contributed by atoms with Crippen molar-refractivity contribution in [3.8, 4) is 0 Å². The number of hydrogen-bond acceptors (Lipinski definition) is 5. The molecule has 0 saturated heterocycles. The van der Waals surface area contributed by atoms with Gasteiger partial charge in [0.15, 0.2) is 0 Å². The number of carbonyl (C=O) groups is 1. The quantitative estimate of drug-likeness (QED) is 0.350. The third kappa shape index (κ3) is 4.16. The van der Waals surface area contributed by atoms with Gasteiger partial charge in [-0.2, -0.15) is 4.72 Å². The van der Waals surface area contributed by atoms with Crippen molar-refractivity contribution in [2.75, 3.05) is 0 Å². The molecule has 0 fully saturated rings. The first-order chi connectivity index (χ1) is 13.3. The van der Waals surface area contributed by atoms with E-state index in [1.807, 2.05) is 0 Å². The first-order valence-corrected chi connectivity index (χ1v) is 9.78. The number of amidine groups is 1. The fourth-order valence-corrected chi connectivity index (χ4v) is 4.19. The Hall–Kier alpha value is -3.30. The molecule has 2 aromatic carbocycles. The summed E-state index contributed by atoms with van der Waals surface area (Å²) >= 11 is 0. The largest absolute Gasteiger partial charge is 0.480 e. The zero-order valence-electron chi connectivity index (χ0n) is 14.7. The Morgan fingerprint density at radius 1 is 1.18 bits per heavy atom. The minimum absolute atomic E-state index is 0.0886. The van der Waals surface area contributed by atoms with Gasteiger partial charge in [0, 0.05) is 17.1 Å². The highest BCUT2D eigenvalue weighted by Crippen LogP contribution is 2.21. The lowest BCUT2D eigenvalue weighted by Crippen LogP contribution is -2.42. The molecule has 0 saturated carbocycles. The molecule has 28 heavy (non-hydrogen) atoms. The van der Waals surface area contributed by atoms with Crippen molar-refractivity contribution in [3.63, 3.8) is 0 Å². The van der Waals surface area contributed by atoms with Crippen molar-refractivity contribution in [1.29, 1.82) is 5.41 Å². The number of pyridine rings is 1. The van der Waals surface area contributed by atoms with Crippen molar-refractivity contribution in [3.05, 3.63) is 71.9 Å². The highest BCUT2D eigenvalue weighted by atomic mass is 32.2. The topological polar surface area (TPSA) is 146 Å². The third-order valence-corrected chi connectivity index (χ3v) is 5.66. The Balaban J connectivity index is 1.92. The van der Waals surface area contributed by atoms with Crippen LogP contribution >= 0.6 is 0 Å². The Labute approximate surface area is 161 Å². The molecule has 1 heterocycles. The van der Waals surface area contributed by atoms with E-state index in [1.165, 1.54) is 12.3 Å². The Morgan fingerprint density at radius 3 is 2.61 bits per heavy atom. The standard InChI is InChI=1S/C19H18N4O4S/c20-18(21)14-6-1-4-12(10-14)11-15(19(24)25)23-28(26,27)16-8-2-5-13-7-3-9-22-17(13)16/h1-10,15,23H,11H2,(H3,20,21)(H,24,25)/t15-/m0/s1. The van der Waals surface area contributed by atoms with Gasteiger partial charge < -0.3 is 10.8 Å². The van der Waals surface area contributed by atoms with Crippen LogP contribution in [0.2, 0.25) is 0 Å². The van der Waals surface area contributed by atoms with Crippen molar-refractivity contribution < 1.29 is 18.3 Å². The molecule has 144 valence electrons. The van der Waals surface area contributed by atoms with Crippen LogP contribution in [0.5, 0.6) is 0 Å². The molecule has 0 bridgehead atoms. The summed E-state index contributed by atoms with van der Waals surface area (Å²) in [5, 5.41) is 17.6. The van der Waals surface area contributed by atoms with Crippen molar-refractivity contribution in [2.45, 2.75) is 17.4 Å². The van der Waals surface area contributed by atoms with Gasteiger partial charge >= 0.3 is 5.97 Å². The monoisotopic (exact) mass is 398 g/mol. The SMILES string of the molecule is N=C(N)c1cccc(C[C@H](NS(=O)(=O)c2cccc3cccnc23)C(=O)O)c1. The number of carboxylic acid groups (broad SMARTS) is 1. The van der Waals surface area contributed by atoms with Gasteiger partial charge in [-0.3, -0.25) is 15.2 Å². The van der Waals surface area contributed by atoms with E-state index in [0.29, 0.717) is 16.5 Å². The zero-order chi connectivity index (χ0) is 20.3. The molecule has 0 radical (unpaired) electrons. The van der Waals surface area contributed by atoms with Gasteiger partial charge in [0.1, 0.15) is 16.8 Å². The van der Waals surface area contributed by atoms with Gasteiger partial charge in [0.25, 0.3) is 0 Å². The number of fused-ring (bicyclic) bond motifs is 1. The van der Waals surface area contributed by atoms with Crippen LogP contribution in [0.1, 0.15) is 11.1 Å². The van der Waals surface area contributed by atoms with E-state index in [0.717, 1.165) is 0 Å². The molecular formula is C19H18N4O4S. The second-order valence-corrected chi connectivity index (χ2v) is 7.84. The summed E-state index contributed by atoms with van der Waals surface area (Å²) in [7, 11) is -4.14. The van der Waals surface area contributed by atoms with Gasteiger partial charge in [0.2, 0.25) is 10.0 Å². The van der Waals surface area contributed by atoms with Gasteiger partial charge in [-0.25, -0.2) is 8.42 Å². The van der Waals surface area contributed by atoms with Crippen molar-refractivity contribution in [2.24, 2.45) is 5.73 Å². The first kappa shape index (κ1) is 19.5. The molecule has 1 aromatic heterocycles. The van der Waals surface area contributed by atoms with Gasteiger partial charge in [-0.1, -0.05) is 36.4 Å². The van der Waals surface area contributed by atoms with Gasteiger partial charge in [0.05, 0.1) is 5.52 Å². The summed E-state index contributed by atoms with van der Waals surface area (Å²) in [4.78, 5) is 15.7. The van der Waals surface area contributed by atoms with E-state index in [2.05, 4.69) is 9.71 Å². The molecule has 9 heteroatoms. The molecule has 1 atom stereocenters. The number of carboxylic acids is 1. The predicted molar refractivity (Wildman–Crippen MR) is 105 cm³/mol. The van der Waals surface area contributed by atoms with Crippen LogP contribution in [-0.2, 0) is 21.2 Å². The molecule has 3 aromatic rings. The fraction of sp³-hybridized carbons (Fsp3) is 0.105. The minimum atomic E-state index is -4.14. The van der Waals surface area contributed by atoms with Crippen LogP contribution in [0, 0.1) is 5.41 Å². The highest BCUT2D eigenvalue weighted by Gasteiger charge is 2.27. The Morgan fingerprint density at radius 2 is 1.89 bits per heavy atom. The maximum atomic E-state index is 12.9. The van der Waals surface area contributed by atoms with E-state index in [9.17, 15) is 18.3 Å². The number of hydrogen-bond donors (Lipinski definition) is 4. The Bertz CT molecular complexity index is 1160. The smallest absolute Gasteiger partial charge is 0.322 e. The van der Waals surface area contributed by atoms with Gasteiger partial charge in [-0.05, 0) is 30.2 Å². The number of benzene rings is 2. The lowest BCUT2D eigenvalue weighted by molar-refractivity contribution is -0.138. The average Bonchev–Trinajstić information content (AvgIpc) is 2.67. The fourth-order valence-electron chi connectivity index (χ4n) is 2.82. The molecular weight excluding hydrogens is 380 g/mol. The predicted octanol–water partition coefficient (Wildman–Crippen LogP) is 1.49. The number of aliphatic carboxylic acids is 1. The van der Waals surface area contributed by atoms with E-state index in [1.54, 1.807) is 48.5 Å². The maximum absolute atomic E-state index is 12.9.